The monoisotopic (exact) mass is 523 g/mol. The Morgan fingerprint density at radius 1 is 1.24 bits per heavy atom. The number of alkyl halides is 1. The molecular formula is C29H47F2N3O3. The molecule has 0 radical (unpaired) electrons. The van der Waals surface area contributed by atoms with Crippen LogP contribution in [0.15, 0.2) is 18.2 Å². The van der Waals surface area contributed by atoms with Crippen LogP contribution in [0.25, 0.3) is 0 Å². The van der Waals surface area contributed by atoms with Crippen molar-refractivity contribution in [3.8, 4) is 0 Å². The van der Waals surface area contributed by atoms with E-state index in [9.17, 15) is 14.3 Å². The highest BCUT2D eigenvalue weighted by Crippen LogP contribution is 2.41. The first-order chi connectivity index (χ1) is 17.8. The van der Waals surface area contributed by atoms with Gasteiger partial charge in [0.05, 0.1) is 5.60 Å². The zero-order valence-electron chi connectivity index (χ0n) is 22.9. The van der Waals surface area contributed by atoms with Crippen LogP contribution < -0.4 is 10.6 Å². The normalized spacial score (nSPS) is 24.9. The lowest BCUT2D eigenvalue weighted by molar-refractivity contribution is -0.0588. The first-order valence-electron chi connectivity index (χ1n) is 14.1. The third kappa shape index (κ3) is 8.11. The van der Waals surface area contributed by atoms with Crippen molar-refractivity contribution < 1.29 is 23.4 Å². The molecule has 210 valence electrons. The number of aryl methyl sites for hydroxylation is 1. The van der Waals surface area contributed by atoms with Crippen LogP contribution in [0, 0.1) is 24.6 Å². The third-order valence-corrected chi connectivity index (χ3v) is 8.37. The average Bonchev–Trinajstić information content (AvgIpc) is 2.89. The quantitative estimate of drug-likeness (QED) is 0.335. The van der Waals surface area contributed by atoms with Crippen molar-refractivity contribution in [2.75, 3.05) is 40.4 Å². The molecule has 1 heterocycles. The van der Waals surface area contributed by atoms with Crippen LogP contribution in [0.4, 0.5) is 13.6 Å². The van der Waals surface area contributed by atoms with Crippen LogP contribution in [0.1, 0.15) is 75.3 Å². The van der Waals surface area contributed by atoms with Crippen molar-refractivity contribution >= 4 is 6.03 Å². The van der Waals surface area contributed by atoms with Crippen molar-refractivity contribution in [2.24, 2.45) is 11.8 Å². The molecule has 0 bridgehead atoms. The summed E-state index contributed by atoms with van der Waals surface area (Å²) >= 11 is 0. The van der Waals surface area contributed by atoms with E-state index in [2.05, 4.69) is 10.6 Å². The highest BCUT2D eigenvalue weighted by Gasteiger charge is 2.43. The fraction of sp³-hybridized carbons (Fsp3) is 0.759. The van der Waals surface area contributed by atoms with Gasteiger partial charge in [-0.3, -0.25) is 0 Å². The molecule has 8 heteroatoms. The highest BCUT2D eigenvalue weighted by molar-refractivity contribution is 5.74. The number of piperidine rings is 1. The molecule has 1 saturated carbocycles. The summed E-state index contributed by atoms with van der Waals surface area (Å²) in [5, 5.41) is 18.4. The second-order valence-corrected chi connectivity index (χ2v) is 11.2. The fourth-order valence-corrected chi connectivity index (χ4v) is 6.20. The van der Waals surface area contributed by atoms with E-state index < -0.39 is 11.8 Å². The number of likely N-dealkylation sites (N-methyl/N-ethyl adjacent to an activating group) is 1. The third-order valence-electron chi connectivity index (χ3n) is 8.37. The van der Waals surface area contributed by atoms with Gasteiger partial charge < -0.3 is 25.4 Å². The lowest BCUT2D eigenvalue weighted by Crippen LogP contribution is -2.54. The number of methoxy groups -OCH3 is 1. The number of likely N-dealkylation sites (tertiary alicyclic amines) is 1. The molecule has 2 fully saturated rings. The molecule has 1 saturated heterocycles. The maximum absolute atomic E-state index is 15.3. The van der Waals surface area contributed by atoms with Crippen LogP contribution in [0.5, 0.6) is 0 Å². The summed E-state index contributed by atoms with van der Waals surface area (Å²) in [6.45, 7) is 3.94. The zero-order chi connectivity index (χ0) is 26.8. The smallest absolute Gasteiger partial charge is 0.317 e. The summed E-state index contributed by atoms with van der Waals surface area (Å²) in [5.41, 5.74) is -0.526. The van der Waals surface area contributed by atoms with Crippen molar-refractivity contribution in [1.82, 2.24) is 15.5 Å². The Labute approximate surface area is 221 Å². The SMILES string of the molecule is CNC[C@H](C[C@H]1CC[C@@H](F)CC1)NC(=O)N1CCC[C@@H]([C@@](O)(CCCCOC)c2cccc(C)c2F)C1. The lowest BCUT2D eigenvalue weighted by atomic mass is 9.73. The second-order valence-electron chi connectivity index (χ2n) is 11.2. The molecule has 2 aliphatic rings. The molecule has 37 heavy (non-hydrogen) atoms. The number of urea groups is 1. The molecule has 3 N–H and O–H groups in total. The van der Waals surface area contributed by atoms with Gasteiger partial charge in [-0.1, -0.05) is 18.2 Å². The molecular weight excluding hydrogens is 476 g/mol. The Balaban J connectivity index is 1.70. The minimum atomic E-state index is -1.36. The number of nitrogens with zero attached hydrogens (tertiary/aromatic N) is 1. The molecule has 6 nitrogen and oxygen atoms in total. The molecule has 3 atom stereocenters. The Hall–Kier alpha value is -1.77. The van der Waals surface area contributed by atoms with Gasteiger partial charge in [0.1, 0.15) is 12.0 Å². The minimum absolute atomic E-state index is 0.0406. The summed E-state index contributed by atoms with van der Waals surface area (Å²) in [6, 6.07) is 5.01. The number of nitrogens with one attached hydrogen (secondary N) is 2. The van der Waals surface area contributed by atoms with E-state index in [1.54, 1.807) is 37.1 Å². The van der Waals surface area contributed by atoms with Crippen molar-refractivity contribution in [3.05, 3.63) is 35.1 Å². The van der Waals surface area contributed by atoms with E-state index in [0.29, 0.717) is 69.0 Å². The van der Waals surface area contributed by atoms with E-state index in [1.165, 1.54) is 0 Å². The van der Waals surface area contributed by atoms with Crippen molar-refractivity contribution in [2.45, 2.75) is 88.9 Å². The van der Waals surface area contributed by atoms with E-state index in [-0.39, 0.29) is 23.8 Å². The van der Waals surface area contributed by atoms with Gasteiger partial charge in [0.15, 0.2) is 0 Å². The summed E-state index contributed by atoms with van der Waals surface area (Å²) in [4.78, 5) is 15.1. The summed E-state index contributed by atoms with van der Waals surface area (Å²) < 4.78 is 34.0. The number of halogens is 2. The topological polar surface area (TPSA) is 73.8 Å². The molecule has 1 aliphatic heterocycles. The first-order valence-corrected chi connectivity index (χ1v) is 14.1. The Kier molecular flexibility index (Phi) is 11.6. The second kappa shape index (κ2) is 14.4. The number of benzene rings is 1. The maximum atomic E-state index is 15.3. The van der Waals surface area contributed by atoms with Gasteiger partial charge in [-0.2, -0.15) is 0 Å². The van der Waals surface area contributed by atoms with E-state index in [4.69, 9.17) is 4.74 Å². The summed E-state index contributed by atoms with van der Waals surface area (Å²) in [7, 11) is 3.52. The molecule has 1 aromatic carbocycles. The number of hydrogen-bond donors (Lipinski definition) is 3. The number of carbonyl (C=O) groups is 1. The number of carbonyl (C=O) groups excluding carboxylic acids is 1. The number of aliphatic hydroxyl groups is 1. The summed E-state index contributed by atoms with van der Waals surface area (Å²) in [6.07, 6.45) is 6.45. The molecule has 1 aliphatic carbocycles. The lowest BCUT2D eigenvalue weighted by Gasteiger charge is -2.43. The van der Waals surface area contributed by atoms with Crippen LogP contribution in [0.3, 0.4) is 0 Å². The van der Waals surface area contributed by atoms with Gasteiger partial charge in [-0.25, -0.2) is 13.6 Å². The van der Waals surface area contributed by atoms with E-state index >= 15 is 4.39 Å². The predicted octanol–water partition coefficient (Wildman–Crippen LogP) is 5.07. The minimum Gasteiger partial charge on any atom is -0.385 e. The Morgan fingerprint density at radius 2 is 2.00 bits per heavy atom. The zero-order valence-corrected chi connectivity index (χ0v) is 22.9. The Bertz CT molecular complexity index is 850. The van der Waals surface area contributed by atoms with Gasteiger partial charge in [0.25, 0.3) is 0 Å². The van der Waals surface area contributed by atoms with Crippen molar-refractivity contribution in [1.29, 1.82) is 0 Å². The molecule has 0 aromatic heterocycles. The fourth-order valence-electron chi connectivity index (χ4n) is 6.20. The maximum Gasteiger partial charge on any atom is 0.317 e. The number of amides is 2. The van der Waals surface area contributed by atoms with Crippen LogP contribution in [0.2, 0.25) is 0 Å². The highest BCUT2D eigenvalue weighted by atomic mass is 19.1. The number of unbranched alkanes of at least 4 members (excludes halogenated alkanes) is 1. The standard InChI is InChI=1S/C29H47F2N3O3/c1-21-8-6-10-26(27(21)31)29(36,15-4-5-17-37-3)23-9-7-16-34(20-23)28(35)33-25(19-32-2)18-22-11-13-24(30)14-12-22/h6,8,10,22-25,32,36H,4-5,7,9,11-20H2,1-3H3,(H,33,35)/t22-,23-,24+,25+,29+/m1/s1. The van der Waals surface area contributed by atoms with Crippen LogP contribution in [-0.2, 0) is 10.3 Å². The van der Waals surface area contributed by atoms with E-state index in [1.807, 2.05) is 7.05 Å². The summed E-state index contributed by atoms with van der Waals surface area (Å²) in [5.74, 6) is -0.218. The van der Waals surface area contributed by atoms with Crippen molar-refractivity contribution in [3.63, 3.8) is 0 Å². The van der Waals surface area contributed by atoms with Gasteiger partial charge in [-0.05, 0) is 89.7 Å². The van der Waals surface area contributed by atoms with Crippen LogP contribution in [-0.4, -0.2) is 68.6 Å². The van der Waals surface area contributed by atoms with E-state index in [0.717, 1.165) is 38.5 Å². The van der Waals surface area contributed by atoms with Crippen LogP contribution >= 0.6 is 0 Å². The molecule has 3 rings (SSSR count). The van der Waals surface area contributed by atoms with Gasteiger partial charge in [0.2, 0.25) is 0 Å². The predicted molar refractivity (Wildman–Crippen MR) is 143 cm³/mol. The molecule has 0 unspecified atom stereocenters. The molecule has 2 amide bonds. The number of ether oxygens (including phenoxy) is 1. The number of hydrogen-bond acceptors (Lipinski definition) is 4. The average molecular weight is 524 g/mol. The Morgan fingerprint density at radius 3 is 2.70 bits per heavy atom. The van der Waals surface area contributed by atoms with Gasteiger partial charge >= 0.3 is 6.03 Å². The molecule has 1 aromatic rings. The molecule has 0 spiro atoms. The first kappa shape index (κ1) is 29.8. The largest absolute Gasteiger partial charge is 0.385 e. The van der Waals surface area contributed by atoms with Gasteiger partial charge in [-0.15, -0.1) is 0 Å². The van der Waals surface area contributed by atoms with Gasteiger partial charge in [0, 0.05) is 50.9 Å². The number of rotatable bonds is 12.